The van der Waals surface area contributed by atoms with Crippen molar-refractivity contribution in [2.75, 3.05) is 6.61 Å². The van der Waals surface area contributed by atoms with Gasteiger partial charge in [0.2, 0.25) is 0 Å². The molecule has 0 spiro atoms. The minimum absolute atomic E-state index is 0.242. The molecule has 0 aliphatic carbocycles. The number of aliphatic carboxylic acids is 1. The summed E-state index contributed by atoms with van der Waals surface area (Å²) in [5.41, 5.74) is 0. The van der Waals surface area contributed by atoms with E-state index in [-0.39, 0.29) is 6.42 Å². The Morgan fingerprint density at radius 3 is 3.00 bits per heavy atom. The molecular weight excluding hydrogens is 230 g/mol. The molecule has 6 heteroatoms. The minimum atomic E-state index is -0.991. The van der Waals surface area contributed by atoms with Crippen molar-refractivity contribution in [3.05, 3.63) is 16.1 Å². The van der Waals surface area contributed by atoms with Crippen LogP contribution in [-0.2, 0) is 9.53 Å². The van der Waals surface area contributed by atoms with Gasteiger partial charge in [-0.2, -0.15) is 0 Å². The van der Waals surface area contributed by atoms with Gasteiger partial charge in [0.1, 0.15) is 11.3 Å². The first-order chi connectivity index (χ1) is 7.63. The van der Waals surface area contributed by atoms with Gasteiger partial charge in [-0.15, -0.1) is 0 Å². The van der Waals surface area contributed by atoms with E-state index >= 15 is 0 Å². The van der Waals surface area contributed by atoms with E-state index in [4.69, 9.17) is 9.84 Å². The molecule has 1 aromatic rings. The van der Waals surface area contributed by atoms with Gasteiger partial charge in [0.15, 0.2) is 5.01 Å². The van der Waals surface area contributed by atoms with Crippen LogP contribution >= 0.6 is 11.3 Å². The fourth-order valence-corrected chi connectivity index (χ4v) is 1.51. The molecule has 1 heterocycles. The lowest BCUT2D eigenvalue weighted by Crippen LogP contribution is -2.01. The van der Waals surface area contributed by atoms with Crippen LogP contribution in [0, 0.1) is 11.8 Å². The molecule has 0 amide bonds. The Labute approximate surface area is 96.1 Å². The number of nitrogens with zero attached hydrogens (tertiary/aromatic N) is 1. The Kier molecular flexibility index (Phi) is 4.48. The number of carboxylic acids is 1. The number of aromatic nitrogens is 1. The highest BCUT2D eigenvalue weighted by atomic mass is 32.1. The van der Waals surface area contributed by atoms with Crippen LogP contribution in [0.1, 0.15) is 28.0 Å². The number of rotatable bonds is 3. The lowest BCUT2D eigenvalue weighted by molar-refractivity contribution is -0.135. The third kappa shape index (κ3) is 3.71. The van der Waals surface area contributed by atoms with E-state index in [9.17, 15) is 9.59 Å². The van der Waals surface area contributed by atoms with Gasteiger partial charge in [-0.3, -0.25) is 4.79 Å². The minimum Gasteiger partial charge on any atom is -0.481 e. The molecule has 0 atom stereocenters. The molecule has 0 aliphatic rings. The molecule has 1 rings (SSSR count). The molecule has 0 fully saturated rings. The fraction of sp³-hybridized carbons (Fsp3) is 0.300. The van der Waals surface area contributed by atoms with E-state index in [1.54, 1.807) is 6.92 Å². The maximum absolute atomic E-state index is 11.2. The predicted octanol–water partition coefficient (Wildman–Crippen LogP) is 1.15. The number of hydrogen-bond donors (Lipinski definition) is 1. The number of carbonyl (C=O) groups is 2. The van der Waals surface area contributed by atoms with E-state index in [0.717, 1.165) is 11.3 Å². The van der Waals surface area contributed by atoms with Crippen molar-refractivity contribution in [1.29, 1.82) is 0 Å². The van der Waals surface area contributed by atoms with Gasteiger partial charge < -0.3 is 9.84 Å². The van der Waals surface area contributed by atoms with Crippen LogP contribution in [0.4, 0.5) is 0 Å². The first-order valence-corrected chi connectivity index (χ1v) is 5.28. The summed E-state index contributed by atoms with van der Waals surface area (Å²) >= 11 is 1.08. The summed E-state index contributed by atoms with van der Waals surface area (Å²) < 4.78 is 4.77. The fourth-order valence-electron chi connectivity index (χ4n) is 0.824. The smallest absolute Gasteiger partial charge is 0.349 e. The van der Waals surface area contributed by atoms with Gasteiger partial charge in [0.25, 0.3) is 0 Å². The second kappa shape index (κ2) is 5.88. The number of carboxylic acid groups (broad SMARTS) is 1. The van der Waals surface area contributed by atoms with Crippen molar-refractivity contribution in [3.8, 4) is 11.8 Å². The normalized spacial score (nSPS) is 9.06. The number of ether oxygens (including phenoxy) is 1. The molecule has 1 N–H and O–H groups in total. The molecule has 1 aromatic heterocycles. The summed E-state index contributed by atoms with van der Waals surface area (Å²) in [6.45, 7) is 2.02. The summed E-state index contributed by atoms with van der Waals surface area (Å²) in [7, 11) is 0. The van der Waals surface area contributed by atoms with Crippen molar-refractivity contribution in [3.63, 3.8) is 0 Å². The lowest BCUT2D eigenvalue weighted by Gasteiger charge is -1.95. The van der Waals surface area contributed by atoms with Gasteiger partial charge in [-0.05, 0) is 12.8 Å². The Bertz CT molecular complexity index is 455. The highest BCUT2D eigenvalue weighted by Crippen LogP contribution is 2.12. The molecular formula is C10H9NO4S. The second-order valence-electron chi connectivity index (χ2n) is 2.62. The van der Waals surface area contributed by atoms with E-state index < -0.39 is 11.9 Å². The van der Waals surface area contributed by atoms with Crippen molar-refractivity contribution >= 4 is 23.3 Å². The summed E-state index contributed by atoms with van der Waals surface area (Å²) in [4.78, 5) is 25.7. The van der Waals surface area contributed by atoms with E-state index in [1.807, 2.05) is 0 Å². The summed E-state index contributed by atoms with van der Waals surface area (Å²) in [6.07, 6.45) is 1.13. The number of thiazole rings is 1. The molecule has 16 heavy (non-hydrogen) atoms. The molecule has 0 aliphatic heterocycles. The van der Waals surface area contributed by atoms with Crippen LogP contribution in [0.3, 0.4) is 0 Å². The largest absolute Gasteiger partial charge is 0.481 e. The predicted molar refractivity (Wildman–Crippen MR) is 57.2 cm³/mol. The zero-order chi connectivity index (χ0) is 12.0. The van der Waals surface area contributed by atoms with Gasteiger partial charge in [0, 0.05) is 0 Å². The van der Waals surface area contributed by atoms with Gasteiger partial charge in [-0.25, -0.2) is 9.78 Å². The number of carbonyl (C=O) groups excluding carboxylic acids is 1. The maximum atomic E-state index is 11.2. The summed E-state index contributed by atoms with van der Waals surface area (Å²) in [5, 5.41) is 8.77. The van der Waals surface area contributed by atoms with Gasteiger partial charge in [-0.1, -0.05) is 17.3 Å². The van der Waals surface area contributed by atoms with Crippen LogP contribution in [0.5, 0.6) is 0 Å². The molecule has 0 saturated heterocycles. The van der Waals surface area contributed by atoms with Gasteiger partial charge in [0.05, 0.1) is 12.8 Å². The average molecular weight is 239 g/mol. The lowest BCUT2D eigenvalue weighted by atomic mass is 10.4. The Hall–Kier alpha value is -1.87. The standard InChI is InChI=1S/C10H9NO4S/c1-2-15-10(14)7-6-11-8(16-7)4-3-5-9(12)13/h6H,2,5H2,1H3,(H,12,13). The van der Waals surface area contributed by atoms with Crippen LogP contribution in [0.25, 0.3) is 0 Å². The quantitative estimate of drug-likeness (QED) is 0.632. The molecule has 0 unspecified atom stereocenters. The second-order valence-corrected chi connectivity index (χ2v) is 3.65. The first kappa shape index (κ1) is 12.2. The summed E-state index contributed by atoms with van der Waals surface area (Å²) in [6, 6.07) is 0. The van der Waals surface area contributed by atoms with Crippen molar-refractivity contribution in [2.45, 2.75) is 13.3 Å². The monoisotopic (exact) mass is 239 g/mol. The van der Waals surface area contributed by atoms with Crippen LogP contribution < -0.4 is 0 Å². The van der Waals surface area contributed by atoms with E-state index in [1.165, 1.54) is 6.20 Å². The number of hydrogen-bond acceptors (Lipinski definition) is 5. The van der Waals surface area contributed by atoms with E-state index in [2.05, 4.69) is 16.8 Å². The van der Waals surface area contributed by atoms with Crippen molar-refractivity contribution < 1.29 is 19.4 Å². The Morgan fingerprint density at radius 2 is 2.38 bits per heavy atom. The van der Waals surface area contributed by atoms with Crippen molar-refractivity contribution in [2.24, 2.45) is 0 Å². The SMILES string of the molecule is CCOC(=O)c1cnc(C#CCC(=O)O)s1. The van der Waals surface area contributed by atoms with Crippen LogP contribution in [0.2, 0.25) is 0 Å². The highest BCUT2D eigenvalue weighted by Gasteiger charge is 2.09. The molecule has 0 bridgehead atoms. The van der Waals surface area contributed by atoms with E-state index in [0.29, 0.717) is 16.5 Å². The maximum Gasteiger partial charge on any atom is 0.349 e. The average Bonchev–Trinajstić information content (AvgIpc) is 2.66. The Balaban J connectivity index is 2.66. The number of esters is 1. The zero-order valence-corrected chi connectivity index (χ0v) is 9.34. The van der Waals surface area contributed by atoms with Crippen LogP contribution in [0.15, 0.2) is 6.20 Å². The van der Waals surface area contributed by atoms with Gasteiger partial charge >= 0.3 is 11.9 Å². The molecule has 84 valence electrons. The summed E-state index contributed by atoms with van der Waals surface area (Å²) in [5.74, 6) is 3.56. The third-order valence-corrected chi connectivity index (χ3v) is 2.31. The molecule has 0 aromatic carbocycles. The third-order valence-electron chi connectivity index (χ3n) is 1.42. The zero-order valence-electron chi connectivity index (χ0n) is 8.52. The molecule has 0 saturated carbocycles. The van der Waals surface area contributed by atoms with Crippen LogP contribution in [-0.4, -0.2) is 28.6 Å². The molecule has 0 radical (unpaired) electrons. The first-order valence-electron chi connectivity index (χ1n) is 4.47. The Morgan fingerprint density at radius 1 is 1.62 bits per heavy atom. The topological polar surface area (TPSA) is 76.5 Å². The molecule has 5 nitrogen and oxygen atoms in total. The highest BCUT2D eigenvalue weighted by molar-refractivity contribution is 7.14. The van der Waals surface area contributed by atoms with Crippen molar-refractivity contribution in [1.82, 2.24) is 4.98 Å².